The highest BCUT2D eigenvalue weighted by atomic mass is 35.6. The lowest BCUT2D eigenvalue weighted by atomic mass is 9.97. The number of alkyl halides is 3. The predicted octanol–water partition coefficient (Wildman–Crippen LogP) is 4.71. The summed E-state index contributed by atoms with van der Waals surface area (Å²) in [6.45, 7) is 0.0395. The van der Waals surface area contributed by atoms with Crippen molar-refractivity contribution in [2.45, 2.75) is 42.1 Å². The second-order valence-corrected chi connectivity index (χ2v) is 9.96. The number of carbonyl (C=O) groups is 3. The third kappa shape index (κ3) is 8.17. The molecule has 9 nitrogen and oxygen atoms in total. The van der Waals surface area contributed by atoms with Crippen LogP contribution in [0.2, 0.25) is 0 Å². The standard InChI is InChI=1S/C23H24Cl3N3O6/c24-23(25,26)35-22(33)29(34-15-17-9-5-2-6-10-17)18-11-12-19(28(14-18)21(31)32)20(30)27-13-16-7-3-1-4-8-16/h1-10,18-19H,11-15H2,(H,27,30)(H,31,32)/t18-,19+/m1/s1. The van der Waals surface area contributed by atoms with Crippen LogP contribution in [-0.2, 0) is 27.5 Å². The number of hydrogen-bond donors (Lipinski definition) is 2. The molecule has 3 amide bonds. The molecule has 35 heavy (non-hydrogen) atoms. The monoisotopic (exact) mass is 543 g/mol. The maximum atomic E-state index is 12.8. The number of piperidine rings is 1. The van der Waals surface area contributed by atoms with Gasteiger partial charge in [-0.1, -0.05) is 60.7 Å². The van der Waals surface area contributed by atoms with Crippen LogP contribution in [-0.4, -0.2) is 55.8 Å². The Hall–Kier alpha value is -2.72. The fourth-order valence-electron chi connectivity index (χ4n) is 3.70. The molecule has 2 N–H and O–H groups in total. The predicted molar refractivity (Wildman–Crippen MR) is 130 cm³/mol. The fourth-order valence-corrected chi connectivity index (χ4v) is 3.90. The van der Waals surface area contributed by atoms with Crippen LogP contribution in [0.1, 0.15) is 24.0 Å². The summed E-state index contributed by atoms with van der Waals surface area (Å²) in [6, 6.07) is 16.5. The van der Waals surface area contributed by atoms with Crippen LogP contribution in [0, 0.1) is 0 Å². The fraction of sp³-hybridized carbons (Fsp3) is 0.348. The molecule has 0 unspecified atom stereocenters. The van der Waals surface area contributed by atoms with Crippen molar-refractivity contribution in [1.82, 2.24) is 15.3 Å². The first-order valence-corrected chi connectivity index (χ1v) is 11.8. The normalized spacial score (nSPS) is 18.0. The Balaban J connectivity index is 1.70. The largest absolute Gasteiger partial charge is 0.465 e. The van der Waals surface area contributed by atoms with Crippen LogP contribution in [0.15, 0.2) is 60.7 Å². The average Bonchev–Trinajstić information content (AvgIpc) is 2.82. The molecule has 1 aliphatic heterocycles. The number of nitrogens with zero attached hydrogens (tertiary/aromatic N) is 2. The van der Waals surface area contributed by atoms with Gasteiger partial charge in [-0.25, -0.2) is 9.59 Å². The Kier molecular flexibility index (Phi) is 9.45. The van der Waals surface area contributed by atoms with Gasteiger partial charge in [0.2, 0.25) is 5.91 Å². The van der Waals surface area contributed by atoms with Crippen molar-refractivity contribution < 1.29 is 29.1 Å². The molecule has 0 aliphatic carbocycles. The Bertz CT molecular complexity index is 1010. The van der Waals surface area contributed by atoms with Gasteiger partial charge in [0.1, 0.15) is 12.6 Å². The van der Waals surface area contributed by atoms with Crippen molar-refractivity contribution in [2.24, 2.45) is 0 Å². The van der Waals surface area contributed by atoms with Crippen LogP contribution in [0.4, 0.5) is 9.59 Å². The summed E-state index contributed by atoms with van der Waals surface area (Å²) in [4.78, 5) is 44.1. The minimum absolute atomic E-state index is 0.0135. The number of halogens is 3. The van der Waals surface area contributed by atoms with E-state index in [1.54, 1.807) is 24.3 Å². The van der Waals surface area contributed by atoms with E-state index >= 15 is 0 Å². The first-order valence-electron chi connectivity index (χ1n) is 10.7. The molecule has 2 aromatic rings. The third-order valence-electron chi connectivity index (χ3n) is 5.34. The van der Waals surface area contributed by atoms with Crippen molar-refractivity contribution >= 4 is 52.9 Å². The highest BCUT2D eigenvalue weighted by molar-refractivity contribution is 6.66. The van der Waals surface area contributed by atoms with Crippen LogP contribution in [0.25, 0.3) is 0 Å². The average molecular weight is 545 g/mol. The van der Waals surface area contributed by atoms with Crippen LogP contribution < -0.4 is 5.32 Å². The number of ether oxygens (including phenoxy) is 1. The summed E-state index contributed by atoms with van der Waals surface area (Å²) >= 11 is 16.8. The van der Waals surface area contributed by atoms with Crippen molar-refractivity contribution in [3.63, 3.8) is 0 Å². The Morgan fingerprint density at radius 3 is 2.17 bits per heavy atom. The number of carbonyl (C=O) groups excluding carboxylic acids is 2. The molecule has 12 heteroatoms. The zero-order chi connectivity index (χ0) is 25.4. The lowest BCUT2D eigenvalue weighted by molar-refractivity contribution is -0.182. The molecule has 0 bridgehead atoms. The van der Waals surface area contributed by atoms with E-state index in [0.29, 0.717) is 0 Å². The summed E-state index contributed by atoms with van der Waals surface area (Å²) in [7, 11) is 0. The van der Waals surface area contributed by atoms with E-state index in [1.165, 1.54) is 0 Å². The van der Waals surface area contributed by atoms with E-state index in [1.807, 2.05) is 36.4 Å². The van der Waals surface area contributed by atoms with Crippen molar-refractivity contribution in [3.05, 3.63) is 71.8 Å². The molecular formula is C23H24Cl3N3O6. The van der Waals surface area contributed by atoms with Gasteiger partial charge in [0.25, 0.3) is 0 Å². The number of nitrogens with one attached hydrogen (secondary N) is 1. The summed E-state index contributed by atoms with van der Waals surface area (Å²) in [5.41, 5.74) is 1.63. The number of carboxylic acid groups (broad SMARTS) is 1. The van der Waals surface area contributed by atoms with Crippen LogP contribution in [0.3, 0.4) is 0 Å². The van der Waals surface area contributed by atoms with Gasteiger partial charge in [0.05, 0.1) is 6.04 Å². The van der Waals surface area contributed by atoms with Gasteiger partial charge in [-0.3, -0.25) is 14.5 Å². The van der Waals surface area contributed by atoms with Crippen molar-refractivity contribution in [3.8, 4) is 0 Å². The summed E-state index contributed by atoms with van der Waals surface area (Å²) in [5, 5.41) is 13.4. The quantitative estimate of drug-likeness (QED) is 0.386. The molecule has 0 aromatic heterocycles. The molecule has 1 saturated heterocycles. The topological polar surface area (TPSA) is 108 Å². The molecule has 3 rings (SSSR count). The highest BCUT2D eigenvalue weighted by Gasteiger charge is 2.41. The molecule has 1 aliphatic rings. The lowest BCUT2D eigenvalue weighted by Gasteiger charge is -2.40. The van der Waals surface area contributed by atoms with E-state index in [4.69, 9.17) is 44.4 Å². The lowest BCUT2D eigenvalue weighted by Crippen LogP contribution is -2.59. The number of benzene rings is 2. The minimum Gasteiger partial charge on any atom is -0.465 e. The zero-order valence-corrected chi connectivity index (χ0v) is 20.7. The molecule has 0 radical (unpaired) electrons. The first kappa shape index (κ1) is 26.9. The van der Waals surface area contributed by atoms with Crippen molar-refractivity contribution in [2.75, 3.05) is 6.54 Å². The van der Waals surface area contributed by atoms with Crippen LogP contribution >= 0.6 is 34.8 Å². The molecule has 0 spiro atoms. The van der Waals surface area contributed by atoms with Gasteiger partial charge >= 0.3 is 16.2 Å². The second-order valence-electron chi connectivity index (χ2n) is 7.78. The molecule has 2 atom stereocenters. The van der Waals surface area contributed by atoms with Gasteiger partial charge in [0.15, 0.2) is 0 Å². The molecular weight excluding hydrogens is 521 g/mol. The van der Waals surface area contributed by atoms with Gasteiger partial charge in [-0.2, -0.15) is 5.06 Å². The zero-order valence-electron chi connectivity index (χ0n) is 18.5. The molecule has 1 heterocycles. The molecule has 0 saturated carbocycles. The summed E-state index contributed by atoms with van der Waals surface area (Å²) in [6.07, 6.45) is -2.02. The molecule has 2 aromatic carbocycles. The molecule has 1 fully saturated rings. The van der Waals surface area contributed by atoms with E-state index < -0.39 is 34.2 Å². The summed E-state index contributed by atoms with van der Waals surface area (Å²) in [5.74, 6) is -0.435. The Labute approximate surface area is 217 Å². The highest BCUT2D eigenvalue weighted by Crippen LogP contribution is 2.30. The summed E-state index contributed by atoms with van der Waals surface area (Å²) < 4.78 is 2.47. The number of hydrogen-bond acceptors (Lipinski definition) is 5. The maximum absolute atomic E-state index is 12.8. The number of hydroxylamine groups is 2. The number of amides is 3. The second kappa shape index (κ2) is 12.3. The number of rotatable bonds is 7. The van der Waals surface area contributed by atoms with E-state index in [9.17, 15) is 19.5 Å². The van der Waals surface area contributed by atoms with Gasteiger partial charge in [0, 0.05) is 13.1 Å². The van der Waals surface area contributed by atoms with Gasteiger partial charge in [-0.05, 0) is 58.8 Å². The SMILES string of the molecule is O=C(NCc1ccccc1)[C@@H]1CC[C@@H](N(OCc2ccccc2)C(=O)OC(Cl)(Cl)Cl)CN1C(=O)O. The first-order chi connectivity index (χ1) is 16.6. The van der Waals surface area contributed by atoms with E-state index in [0.717, 1.165) is 21.1 Å². The maximum Gasteiger partial charge on any atom is 0.437 e. The molecule has 188 valence electrons. The Morgan fingerprint density at radius 1 is 1.00 bits per heavy atom. The van der Waals surface area contributed by atoms with E-state index in [2.05, 4.69) is 5.32 Å². The van der Waals surface area contributed by atoms with Gasteiger partial charge < -0.3 is 15.2 Å². The van der Waals surface area contributed by atoms with Crippen molar-refractivity contribution in [1.29, 1.82) is 0 Å². The number of likely N-dealkylation sites (tertiary alicyclic amines) is 1. The Morgan fingerprint density at radius 2 is 1.60 bits per heavy atom. The van der Waals surface area contributed by atoms with Gasteiger partial charge in [-0.15, -0.1) is 0 Å². The minimum atomic E-state index is -2.34. The smallest absolute Gasteiger partial charge is 0.437 e. The third-order valence-corrected chi connectivity index (χ3v) is 5.57. The van der Waals surface area contributed by atoms with Crippen LogP contribution in [0.5, 0.6) is 0 Å². The van der Waals surface area contributed by atoms with E-state index in [-0.39, 0.29) is 32.5 Å².